The zero-order chi connectivity index (χ0) is 18.8. The van der Waals surface area contributed by atoms with Crippen LogP contribution in [0, 0.1) is 0 Å². The van der Waals surface area contributed by atoms with Crippen molar-refractivity contribution in [3.8, 4) is 0 Å². The molecule has 148 valence electrons. The first kappa shape index (κ1) is 18.5. The summed E-state index contributed by atoms with van der Waals surface area (Å²) in [5.41, 5.74) is 1.28. The van der Waals surface area contributed by atoms with Crippen molar-refractivity contribution in [3.05, 3.63) is 12.7 Å². The van der Waals surface area contributed by atoms with Gasteiger partial charge in [0, 0.05) is 13.2 Å². The number of hydrogen-bond acceptors (Lipinski definition) is 8. The number of aliphatic hydroxyl groups is 2. The predicted octanol–water partition coefficient (Wildman–Crippen LogP) is 1.23. The van der Waals surface area contributed by atoms with Gasteiger partial charge in [-0.15, -0.1) is 0 Å². The Bertz CT molecular complexity index is 761. The third-order valence-electron chi connectivity index (χ3n) is 5.59. The van der Waals surface area contributed by atoms with Crippen LogP contribution >= 0.6 is 0 Å². The number of nitrogens with zero attached hydrogens (tertiary/aromatic N) is 4. The molecule has 2 unspecified atom stereocenters. The maximum atomic E-state index is 10.3. The maximum absolute atomic E-state index is 10.3. The Balaban J connectivity index is 1.62. The SMILES string of the molecule is COC1C(O)[C@@H](CO)O[C@H]1n1cnc2c(NC3CCCCCC3)ncnc21. The van der Waals surface area contributed by atoms with Crippen LogP contribution in [0.1, 0.15) is 44.8 Å². The van der Waals surface area contributed by atoms with E-state index in [1.165, 1.54) is 39.1 Å². The smallest absolute Gasteiger partial charge is 0.167 e. The molecule has 9 heteroatoms. The van der Waals surface area contributed by atoms with Gasteiger partial charge >= 0.3 is 0 Å². The van der Waals surface area contributed by atoms with Crippen LogP contribution < -0.4 is 5.32 Å². The molecule has 27 heavy (non-hydrogen) atoms. The summed E-state index contributed by atoms with van der Waals surface area (Å²) < 4.78 is 13.0. The third kappa shape index (κ3) is 3.52. The lowest BCUT2D eigenvalue weighted by Gasteiger charge is -2.20. The summed E-state index contributed by atoms with van der Waals surface area (Å²) in [7, 11) is 1.51. The molecule has 1 aliphatic carbocycles. The minimum Gasteiger partial charge on any atom is -0.394 e. The molecule has 2 aromatic heterocycles. The average molecular weight is 377 g/mol. The molecule has 3 N–H and O–H groups in total. The van der Waals surface area contributed by atoms with E-state index in [0.717, 1.165) is 18.7 Å². The van der Waals surface area contributed by atoms with Crippen LogP contribution in [-0.4, -0.2) is 67.8 Å². The van der Waals surface area contributed by atoms with E-state index in [4.69, 9.17) is 9.47 Å². The van der Waals surface area contributed by atoms with Gasteiger partial charge < -0.3 is 25.0 Å². The molecule has 1 saturated heterocycles. The van der Waals surface area contributed by atoms with Crippen LogP contribution in [0.5, 0.6) is 0 Å². The first-order valence-electron chi connectivity index (χ1n) is 9.64. The van der Waals surface area contributed by atoms with Gasteiger partial charge in [0.15, 0.2) is 23.2 Å². The molecule has 0 spiro atoms. The molecule has 1 saturated carbocycles. The largest absolute Gasteiger partial charge is 0.394 e. The number of aliphatic hydroxyl groups excluding tert-OH is 2. The van der Waals surface area contributed by atoms with Crippen molar-refractivity contribution in [2.24, 2.45) is 0 Å². The van der Waals surface area contributed by atoms with Crippen molar-refractivity contribution in [1.29, 1.82) is 0 Å². The highest BCUT2D eigenvalue weighted by Crippen LogP contribution is 2.34. The van der Waals surface area contributed by atoms with Gasteiger partial charge in [-0.25, -0.2) is 15.0 Å². The quantitative estimate of drug-likeness (QED) is 0.667. The van der Waals surface area contributed by atoms with Crippen molar-refractivity contribution >= 4 is 17.0 Å². The first-order chi connectivity index (χ1) is 13.2. The Morgan fingerprint density at radius 1 is 1.22 bits per heavy atom. The second kappa shape index (κ2) is 8.05. The molecule has 2 aromatic rings. The van der Waals surface area contributed by atoms with E-state index in [9.17, 15) is 10.2 Å². The van der Waals surface area contributed by atoms with E-state index in [-0.39, 0.29) is 6.61 Å². The molecule has 0 amide bonds. The Morgan fingerprint density at radius 2 is 2.00 bits per heavy atom. The molecule has 9 nitrogen and oxygen atoms in total. The molecule has 0 radical (unpaired) electrons. The van der Waals surface area contributed by atoms with Gasteiger partial charge in [-0.2, -0.15) is 0 Å². The number of rotatable bonds is 5. The average Bonchev–Trinajstić information content (AvgIpc) is 3.14. The number of anilines is 1. The fourth-order valence-electron chi connectivity index (χ4n) is 4.11. The van der Waals surface area contributed by atoms with E-state index in [1.807, 2.05) is 0 Å². The van der Waals surface area contributed by atoms with Crippen LogP contribution in [0.15, 0.2) is 12.7 Å². The Labute approximate surface area is 157 Å². The summed E-state index contributed by atoms with van der Waals surface area (Å²) in [4.78, 5) is 13.3. The van der Waals surface area contributed by atoms with E-state index in [1.54, 1.807) is 10.9 Å². The third-order valence-corrected chi connectivity index (χ3v) is 5.59. The van der Waals surface area contributed by atoms with Crippen molar-refractivity contribution < 1.29 is 19.7 Å². The topological polar surface area (TPSA) is 115 Å². The minimum absolute atomic E-state index is 0.284. The van der Waals surface area contributed by atoms with Crippen LogP contribution in [0.25, 0.3) is 11.2 Å². The number of ether oxygens (including phenoxy) is 2. The van der Waals surface area contributed by atoms with Crippen molar-refractivity contribution in [2.45, 2.75) is 69.1 Å². The van der Waals surface area contributed by atoms with Crippen LogP contribution in [0.4, 0.5) is 5.82 Å². The maximum Gasteiger partial charge on any atom is 0.167 e. The van der Waals surface area contributed by atoms with E-state index in [2.05, 4.69) is 20.3 Å². The molecule has 0 aromatic carbocycles. The fourth-order valence-corrected chi connectivity index (χ4v) is 4.11. The molecule has 1 aliphatic heterocycles. The number of fused-ring (bicyclic) bond motifs is 1. The first-order valence-corrected chi connectivity index (χ1v) is 9.64. The lowest BCUT2D eigenvalue weighted by molar-refractivity contribution is -0.0583. The highest BCUT2D eigenvalue weighted by molar-refractivity contribution is 5.82. The molecule has 0 bridgehead atoms. The van der Waals surface area contributed by atoms with Gasteiger partial charge in [-0.1, -0.05) is 25.7 Å². The van der Waals surface area contributed by atoms with E-state index in [0.29, 0.717) is 17.2 Å². The zero-order valence-electron chi connectivity index (χ0n) is 15.5. The summed E-state index contributed by atoms with van der Waals surface area (Å²) in [5, 5.41) is 23.3. The van der Waals surface area contributed by atoms with Gasteiger partial charge in [0.1, 0.15) is 24.6 Å². The van der Waals surface area contributed by atoms with Gasteiger partial charge in [-0.05, 0) is 12.8 Å². The van der Waals surface area contributed by atoms with E-state index >= 15 is 0 Å². The summed E-state index contributed by atoms with van der Waals surface area (Å²) >= 11 is 0. The van der Waals surface area contributed by atoms with Crippen molar-refractivity contribution in [3.63, 3.8) is 0 Å². The summed E-state index contributed by atoms with van der Waals surface area (Å²) in [6.07, 6.45) is 7.57. The molecule has 2 fully saturated rings. The summed E-state index contributed by atoms with van der Waals surface area (Å²) in [5.74, 6) is 0.719. The van der Waals surface area contributed by atoms with Crippen LogP contribution in [0.3, 0.4) is 0 Å². The lowest BCUT2D eigenvalue weighted by Crippen LogP contribution is -2.34. The highest BCUT2D eigenvalue weighted by atomic mass is 16.6. The number of imidazole rings is 1. The molecule has 2 aliphatic rings. The lowest BCUT2D eigenvalue weighted by atomic mass is 10.1. The summed E-state index contributed by atoms with van der Waals surface area (Å²) in [6, 6.07) is 0.394. The Hall–Kier alpha value is -1.81. The van der Waals surface area contributed by atoms with Gasteiger partial charge in [0.05, 0.1) is 12.9 Å². The molecule has 4 atom stereocenters. The Morgan fingerprint density at radius 3 is 2.70 bits per heavy atom. The fraction of sp³-hybridized carbons (Fsp3) is 0.722. The minimum atomic E-state index is -0.923. The number of aromatic nitrogens is 4. The standard InChI is InChI=1S/C18H27N5O4/c1-26-15-14(25)12(8-24)27-18(15)23-10-21-13-16(19-9-20-17(13)23)22-11-6-4-2-3-5-7-11/h9-12,14-15,18,24-25H,2-8H2,1H3,(H,19,20,22)/t12-,14?,15?,18-/m1/s1. The van der Waals surface area contributed by atoms with Gasteiger partial charge in [0.2, 0.25) is 0 Å². The number of methoxy groups -OCH3 is 1. The second-order valence-corrected chi connectivity index (χ2v) is 7.32. The van der Waals surface area contributed by atoms with E-state index < -0.39 is 24.5 Å². The van der Waals surface area contributed by atoms with Gasteiger partial charge in [0.25, 0.3) is 0 Å². The van der Waals surface area contributed by atoms with Crippen molar-refractivity contribution in [1.82, 2.24) is 19.5 Å². The predicted molar refractivity (Wildman–Crippen MR) is 98.2 cm³/mol. The van der Waals surface area contributed by atoms with Crippen molar-refractivity contribution in [2.75, 3.05) is 19.0 Å². The zero-order valence-corrected chi connectivity index (χ0v) is 15.5. The number of hydrogen-bond donors (Lipinski definition) is 3. The molecule has 4 rings (SSSR count). The van der Waals surface area contributed by atoms with Gasteiger partial charge in [-0.3, -0.25) is 4.57 Å². The molecular weight excluding hydrogens is 350 g/mol. The normalized spacial score (nSPS) is 29.9. The monoisotopic (exact) mass is 377 g/mol. The highest BCUT2D eigenvalue weighted by Gasteiger charge is 2.45. The molecule has 3 heterocycles. The summed E-state index contributed by atoms with van der Waals surface area (Å²) in [6.45, 7) is -0.284. The number of nitrogens with one attached hydrogen (secondary N) is 1. The second-order valence-electron chi connectivity index (χ2n) is 7.32. The molecular formula is C18H27N5O4. The Kier molecular flexibility index (Phi) is 5.53. The van der Waals surface area contributed by atoms with Crippen LogP contribution in [-0.2, 0) is 9.47 Å². The van der Waals surface area contributed by atoms with Crippen LogP contribution in [0.2, 0.25) is 0 Å².